The Kier molecular flexibility index (Phi) is 9.42. The molecule has 0 aliphatic carbocycles. The molecular weight excluding hydrogens is 368 g/mol. The van der Waals surface area contributed by atoms with Crippen molar-refractivity contribution >= 4 is 29.7 Å². The summed E-state index contributed by atoms with van der Waals surface area (Å²) < 4.78 is 0. The topological polar surface area (TPSA) is 102 Å². The van der Waals surface area contributed by atoms with Crippen molar-refractivity contribution in [3.8, 4) is 0 Å². The number of amides is 1. The first-order valence-electron chi connectivity index (χ1n) is 8.51. The largest absolute Gasteiger partial charge is 0.329 e. The number of nitrogens with one attached hydrogen (secondary N) is 1. The molecule has 2 rings (SSSR count). The number of hydrogen-bond donors (Lipinski definition) is 2. The third-order valence-electron chi connectivity index (χ3n) is 4.07. The Morgan fingerprint density at radius 1 is 1.19 bits per heavy atom. The second kappa shape index (κ2) is 11.3. The molecule has 0 saturated heterocycles. The summed E-state index contributed by atoms with van der Waals surface area (Å²) in [4.78, 5) is 24.7. The van der Waals surface area contributed by atoms with E-state index in [9.17, 15) is 14.9 Å². The maximum absolute atomic E-state index is 12.4. The second-order valence-electron chi connectivity index (χ2n) is 6.10. The van der Waals surface area contributed by atoms with Crippen LogP contribution >= 0.6 is 12.4 Å². The third kappa shape index (κ3) is 7.34. The van der Waals surface area contributed by atoms with E-state index in [1.165, 1.54) is 17.7 Å². The van der Waals surface area contributed by atoms with Gasteiger partial charge in [0, 0.05) is 37.5 Å². The number of carbonyl (C=O) groups excluding carboxylic acids is 1. The van der Waals surface area contributed by atoms with Crippen molar-refractivity contribution in [2.75, 3.05) is 31.5 Å². The third-order valence-corrected chi connectivity index (χ3v) is 4.07. The Bertz CT molecular complexity index is 756. The Hall–Kier alpha value is -2.48. The molecule has 0 radical (unpaired) electrons. The lowest BCUT2D eigenvalue weighted by Gasteiger charge is -2.21. The van der Waals surface area contributed by atoms with Crippen LogP contribution in [0.3, 0.4) is 0 Å². The zero-order valence-corrected chi connectivity index (χ0v) is 16.1. The molecule has 0 spiro atoms. The minimum absolute atomic E-state index is 0. The van der Waals surface area contributed by atoms with E-state index in [-0.39, 0.29) is 30.5 Å². The molecule has 0 heterocycles. The van der Waals surface area contributed by atoms with E-state index in [4.69, 9.17) is 5.73 Å². The molecule has 0 bridgehead atoms. The number of carbonyl (C=O) groups is 1. The monoisotopic (exact) mass is 392 g/mol. The van der Waals surface area contributed by atoms with Crippen LogP contribution in [0.2, 0.25) is 0 Å². The van der Waals surface area contributed by atoms with Crippen molar-refractivity contribution < 1.29 is 9.72 Å². The average molecular weight is 393 g/mol. The van der Waals surface area contributed by atoms with Gasteiger partial charge in [-0.1, -0.05) is 30.3 Å². The van der Waals surface area contributed by atoms with Crippen LogP contribution in [0.1, 0.15) is 11.1 Å². The highest BCUT2D eigenvalue weighted by molar-refractivity contribution is 5.93. The second-order valence-corrected chi connectivity index (χ2v) is 6.10. The van der Waals surface area contributed by atoms with Crippen LogP contribution in [0.5, 0.6) is 0 Å². The molecule has 7 nitrogen and oxygen atoms in total. The minimum atomic E-state index is -0.453. The Morgan fingerprint density at radius 3 is 2.48 bits per heavy atom. The fourth-order valence-electron chi connectivity index (χ4n) is 2.68. The molecule has 2 aromatic rings. The van der Waals surface area contributed by atoms with Gasteiger partial charge in [0.2, 0.25) is 5.91 Å². The van der Waals surface area contributed by atoms with E-state index in [1.807, 2.05) is 23.1 Å². The average Bonchev–Trinajstić information content (AvgIpc) is 2.62. The smallest absolute Gasteiger partial charge is 0.269 e. The summed E-state index contributed by atoms with van der Waals surface area (Å²) in [6.07, 6.45) is 0.838. The van der Waals surface area contributed by atoms with Crippen molar-refractivity contribution in [2.24, 2.45) is 5.73 Å². The van der Waals surface area contributed by atoms with Crippen LogP contribution in [0, 0.1) is 17.0 Å². The van der Waals surface area contributed by atoms with Gasteiger partial charge in [-0.3, -0.25) is 19.8 Å². The van der Waals surface area contributed by atoms with Crippen molar-refractivity contribution in [1.29, 1.82) is 0 Å². The molecule has 0 unspecified atom stereocenters. The maximum Gasteiger partial charge on any atom is 0.269 e. The lowest BCUT2D eigenvalue weighted by Crippen LogP contribution is -2.38. The van der Waals surface area contributed by atoms with Crippen molar-refractivity contribution in [3.63, 3.8) is 0 Å². The lowest BCUT2D eigenvalue weighted by molar-refractivity contribution is -0.384. The number of rotatable bonds is 9. The van der Waals surface area contributed by atoms with Crippen LogP contribution in [-0.2, 0) is 11.2 Å². The van der Waals surface area contributed by atoms with Gasteiger partial charge in [-0.25, -0.2) is 0 Å². The molecule has 0 saturated carbocycles. The quantitative estimate of drug-likeness (QED) is 0.504. The number of nitro benzene ring substituents is 1. The predicted octanol–water partition coefficient (Wildman–Crippen LogP) is 2.77. The maximum atomic E-state index is 12.4. The Labute approximate surface area is 165 Å². The van der Waals surface area contributed by atoms with Crippen molar-refractivity contribution in [1.82, 2.24) is 4.90 Å². The number of non-ortho nitro benzene ring substituents is 1. The molecule has 146 valence electrons. The normalized spacial score (nSPS) is 10.3. The number of nitrogens with two attached hydrogens (primary N) is 1. The molecule has 3 N–H and O–H groups in total. The van der Waals surface area contributed by atoms with Gasteiger partial charge in [0.15, 0.2) is 0 Å². The van der Waals surface area contributed by atoms with Crippen molar-refractivity contribution in [2.45, 2.75) is 13.3 Å². The van der Waals surface area contributed by atoms with Crippen LogP contribution in [0.15, 0.2) is 48.5 Å². The Morgan fingerprint density at radius 2 is 1.89 bits per heavy atom. The van der Waals surface area contributed by atoms with Crippen LogP contribution < -0.4 is 11.1 Å². The fraction of sp³-hybridized carbons (Fsp3) is 0.316. The highest BCUT2D eigenvalue weighted by atomic mass is 35.5. The zero-order valence-electron chi connectivity index (χ0n) is 15.3. The predicted molar refractivity (Wildman–Crippen MR) is 109 cm³/mol. The number of benzene rings is 2. The summed E-state index contributed by atoms with van der Waals surface area (Å²) in [5.41, 5.74) is 8.11. The van der Waals surface area contributed by atoms with E-state index in [0.717, 1.165) is 13.0 Å². The summed E-state index contributed by atoms with van der Waals surface area (Å²) in [7, 11) is 0. The molecule has 8 heteroatoms. The van der Waals surface area contributed by atoms with Crippen molar-refractivity contribution in [3.05, 3.63) is 69.8 Å². The minimum Gasteiger partial charge on any atom is -0.329 e. The first-order chi connectivity index (χ1) is 12.5. The number of nitrogens with zero attached hydrogens (tertiary/aromatic N) is 2. The standard InChI is InChI=1S/C19H24N4O3.ClH/c1-15-13-17(23(25)26)7-8-18(15)21-19(24)14-22(12-10-20)11-9-16-5-3-2-4-6-16;/h2-8,13H,9-12,14,20H2,1H3,(H,21,24);1H. The van der Waals surface area contributed by atoms with E-state index >= 15 is 0 Å². The first-order valence-corrected chi connectivity index (χ1v) is 8.51. The van der Waals surface area contributed by atoms with Crippen LogP contribution in [0.4, 0.5) is 11.4 Å². The van der Waals surface area contributed by atoms with Gasteiger partial charge in [0.1, 0.15) is 0 Å². The molecule has 0 atom stereocenters. The SMILES string of the molecule is Cc1cc([N+](=O)[O-])ccc1NC(=O)CN(CCN)CCc1ccccc1.Cl. The number of nitro groups is 1. The van der Waals surface area contributed by atoms with Gasteiger partial charge < -0.3 is 11.1 Å². The van der Waals surface area contributed by atoms with Gasteiger partial charge in [0.25, 0.3) is 5.69 Å². The molecule has 27 heavy (non-hydrogen) atoms. The Balaban J connectivity index is 0.00000364. The highest BCUT2D eigenvalue weighted by Gasteiger charge is 2.13. The number of anilines is 1. The fourth-order valence-corrected chi connectivity index (χ4v) is 2.68. The molecule has 1 amide bonds. The summed E-state index contributed by atoms with van der Waals surface area (Å²) >= 11 is 0. The number of halogens is 1. The highest BCUT2D eigenvalue weighted by Crippen LogP contribution is 2.21. The van der Waals surface area contributed by atoms with E-state index in [0.29, 0.717) is 24.3 Å². The molecule has 0 aliphatic heterocycles. The van der Waals surface area contributed by atoms with E-state index in [2.05, 4.69) is 17.4 Å². The zero-order chi connectivity index (χ0) is 18.9. The first kappa shape index (κ1) is 22.6. The van der Waals surface area contributed by atoms with Gasteiger partial charge in [-0.2, -0.15) is 0 Å². The molecule has 0 aliphatic rings. The molecular formula is C19H25ClN4O3. The van der Waals surface area contributed by atoms with Gasteiger partial charge in [0.05, 0.1) is 11.5 Å². The summed E-state index contributed by atoms with van der Waals surface area (Å²) in [6, 6.07) is 14.5. The van der Waals surface area contributed by atoms with Gasteiger partial charge in [-0.05, 0) is 30.5 Å². The molecule has 2 aromatic carbocycles. The number of aryl methyl sites for hydroxylation is 1. The van der Waals surface area contributed by atoms with E-state index in [1.54, 1.807) is 13.0 Å². The van der Waals surface area contributed by atoms with Gasteiger partial charge in [-0.15, -0.1) is 12.4 Å². The van der Waals surface area contributed by atoms with Gasteiger partial charge >= 0.3 is 0 Å². The molecule has 0 aromatic heterocycles. The summed E-state index contributed by atoms with van der Waals surface area (Å²) in [5, 5.41) is 13.6. The lowest BCUT2D eigenvalue weighted by atomic mass is 10.1. The summed E-state index contributed by atoms with van der Waals surface area (Å²) in [6.45, 7) is 3.78. The van der Waals surface area contributed by atoms with E-state index < -0.39 is 4.92 Å². The van der Waals surface area contributed by atoms with Crippen LogP contribution in [0.25, 0.3) is 0 Å². The number of hydrogen-bond acceptors (Lipinski definition) is 5. The summed E-state index contributed by atoms with van der Waals surface area (Å²) in [5.74, 6) is -0.163. The molecule has 0 fully saturated rings. The van der Waals surface area contributed by atoms with Crippen LogP contribution in [-0.4, -0.2) is 41.9 Å².